The SMILES string of the molecule is CCC1CCC(N(C(=O)c2ccc(=O)n(C)n2)C2CC2)CC1. The van der Waals surface area contributed by atoms with E-state index in [2.05, 4.69) is 16.9 Å². The van der Waals surface area contributed by atoms with E-state index in [1.165, 1.54) is 30.0 Å². The molecule has 0 unspecified atom stereocenters. The molecule has 2 saturated carbocycles. The number of aromatic nitrogens is 2. The van der Waals surface area contributed by atoms with Crippen molar-refractivity contribution in [1.29, 1.82) is 0 Å². The Morgan fingerprint density at radius 2 is 1.77 bits per heavy atom. The molecule has 22 heavy (non-hydrogen) atoms. The van der Waals surface area contributed by atoms with Gasteiger partial charge in [-0.3, -0.25) is 9.59 Å². The first-order chi connectivity index (χ1) is 10.6. The summed E-state index contributed by atoms with van der Waals surface area (Å²) in [5.41, 5.74) is 0.213. The van der Waals surface area contributed by atoms with E-state index in [0.717, 1.165) is 31.6 Å². The molecule has 0 spiro atoms. The number of rotatable bonds is 4. The predicted octanol–water partition coefficient (Wildman–Crippen LogP) is 2.35. The first-order valence-corrected chi connectivity index (χ1v) is 8.47. The van der Waals surface area contributed by atoms with E-state index in [-0.39, 0.29) is 11.5 Å². The summed E-state index contributed by atoms with van der Waals surface area (Å²) in [6.07, 6.45) is 8.10. The van der Waals surface area contributed by atoms with Gasteiger partial charge in [0.25, 0.3) is 11.5 Å². The molecule has 0 radical (unpaired) electrons. The summed E-state index contributed by atoms with van der Waals surface area (Å²) in [5, 5.41) is 4.14. The van der Waals surface area contributed by atoms with E-state index >= 15 is 0 Å². The standard InChI is InChI=1S/C17H25N3O2/c1-3-12-4-6-13(7-5-12)20(14-8-9-14)17(22)15-10-11-16(21)19(2)18-15/h10-14H,3-9H2,1-2H3. The van der Waals surface area contributed by atoms with Crippen molar-refractivity contribution in [3.63, 3.8) is 0 Å². The number of hydrogen-bond acceptors (Lipinski definition) is 3. The Kier molecular flexibility index (Phi) is 4.32. The first-order valence-electron chi connectivity index (χ1n) is 8.47. The average molecular weight is 303 g/mol. The molecule has 2 fully saturated rings. The van der Waals surface area contributed by atoms with Gasteiger partial charge in [0.2, 0.25) is 0 Å². The highest BCUT2D eigenvalue weighted by Crippen LogP contribution is 2.36. The quantitative estimate of drug-likeness (QED) is 0.858. The summed E-state index contributed by atoms with van der Waals surface area (Å²) in [6.45, 7) is 2.25. The fourth-order valence-electron chi connectivity index (χ4n) is 3.56. The van der Waals surface area contributed by atoms with E-state index < -0.39 is 0 Å². The third kappa shape index (κ3) is 3.08. The molecule has 0 aliphatic heterocycles. The van der Waals surface area contributed by atoms with Crippen molar-refractivity contribution in [2.45, 2.75) is 64.0 Å². The number of nitrogens with zero attached hydrogens (tertiary/aromatic N) is 3. The normalized spacial score (nSPS) is 25.0. The lowest BCUT2D eigenvalue weighted by Crippen LogP contribution is -2.44. The molecule has 1 amide bonds. The third-order valence-electron chi connectivity index (χ3n) is 5.14. The molecule has 3 rings (SSSR count). The fraction of sp³-hybridized carbons (Fsp3) is 0.706. The van der Waals surface area contributed by atoms with Crippen LogP contribution in [0.4, 0.5) is 0 Å². The monoisotopic (exact) mass is 303 g/mol. The Morgan fingerprint density at radius 1 is 1.18 bits per heavy atom. The van der Waals surface area contributed by atoms with Crippen molar-refractivity contribution in [3.05, 3.63) is 28.2 Å². The van der Waals surface area contributed by atoms with Crippen LogP contribution < -0.4 is 5.56 Å². The second-order valence-electron chi connectivity index (χ2n) is 6.71. The van der Waals surface area contributed by atoms with E-state index in [0.29, 0.717) is 17.8 Å². The van der Waals surface area contributed by atoms with Gasteiger partial charge < -0.3 is 4.90 Å². The van der Waals surface area contributed by atoms with Gasteiger partial charge >= 0.3 is 0 Å². The first kappa shape index (κ1) is 15.3. The number of carbonyl (C=O) groups is 1. The van der Waals surface area contributed by atoms with Crippen LogP contribution in [0.3, 0.4) is 0 Å². The van der Waals surface area contributed by atoms with Gasteiger partial charge in [-0.1, -0.05) is 13.3 Å². The molecule has 5 nitrogen and oxygen atoms in total. The van der Waals surface area contributed by atoms with Gasteiger partial charge in [0, 0.05) is 25.2 Å². The molecule has 0 bridgehead atoms. The Bertz CT molecular complexity index is 598. The average Bonchev–Trinajstić information content (AvgIpc) is 3.35. The minimum Gasteiger partial charge on any atom is -0.331 e. The van der Waals surface area contributed by atoms with E-state index in [4.69, 9.17) is 0 Å². The van der Waals surface area contributed by atoms with Gasteiger partial charge in [-0.15, -0.1) is 0 Å². The second-order valence-corrected chi connectivity index (χ2v) is 6.71. The third-order valence-corrected chi connectivity index (χ3v) is 5.14. The highest BCUT2D eigenvalue weighted by molar-refractivity contribution is 5.92. The fourth-order valence-corrected chi connectivity index (χ4v) is 3.56. The molecule has 1 heterocycles. The van der Waals surface area contributed by atoms with E-state index in [1.807, 2.05) is 0 Å². The van der Waals surface area contributed by atoms with E-state index in [1.54, 1.807) is 13.1 Å². The lowest BCUT2D eigenvalue weighted by atomic mass is 9.83. The summed E-state index contributed by atoms with van der Waals surface area (Å²) in [6, 6.07) is 3.73. The molecule has 1 aromatic rings. The van der Waals surface area contributed by atoms with Gasteiger partial charge in [0.1, 0.15) is 5.69 Å². The lowest BCUT2D eigenvalue weighted by Gasteiger charge is -2.37. The number of amides is 1. The maximum Gasteiger partial charge on any atom is 0.274 e. The van der Waals surface area contributed by atoms with Gasteiger partial charge in [-0.05, 0) is 50.5 Å². The Morgan fingerprint density at radius 3 is 2.27 bits per heavy atom. The molecule has 120 valence electrons. The maximum absolute atomic E-state index is 12.9. The highest BCUT2D eigenvalue weighted by Gasteiger charge is 2.39. The molecule has 2 aliphatic carbocycles. The van der Waals surface area contributed by atoms with Crippen LogP contribution in [0.25, 0.3) is 0 Å². The zero-order valence-corrected chi connectivity index (χ0v) is 13.5. The molecule has 0 saturated heterocycles. The maximum atomic E-state index is 12.9. The molecular weight excluding hydrogens is 278 g/mol. The van der Waals surface area contributed by atoms with Crippen LogP contribution in [0, 0.1) is 5.92 Å². The van der Waals surface area contributed by atoms with Gasteiger partial charge in [-0.25, -0.2) is 4.68 Å². The van der Waals surface area contributed by atoms with Crippen molar-refractivity contribution in [1.82, 2.24) is 14.7 Å². The van der Waals surface area contributed by atoms with Crippen molar-refractivity contribution < 1.29 is 4.79 Å². The number of aryl methyl sites for hydroxylation is 1. The largest absolute Gasteiger partial charge is 0.331 e. The molecular formula is C17H25N3O2. The molecule has 5 heteroatoms. The van der Waals surface area contributed by atoms with Crippen molar-refractivity contribution in [3.8, 4) is 0 Å². The van der Waals surface area contributed by atoms with Gasteiger partial charge in [0.15, 0.2) is 0 Å². The zero-order chi connectivity index (χ0) is 15.7. The molecule has 0 atom stereocenters. The summed E-state index contributed by atoms with van der Waals surface area (Å²) >= 11 is 0. The topological polar surface area (TPSA) is 55.2 Å². The minimum atomic E-state index is -0.182. The van der Waals surface area contributed by atoms with Crippen LogP contribution in [-0.4, -0.2) is 32.7 Å². The van der Waals surface area contributed by atoms with Crippen molar-refractivity contribution in [2.75, 3.05) is 0 Å². The summed E-state index contributed by atoms with van der Waals surface area (Å²) in [5.74, 6) is 0.820. The molecule has 0 aromatic carbocycles. The molecule has 0 N–H and O–H groups in total. The van der Waals surface area contributed by atoms with Crippen LogP contribution in [0.15, 0.2) is 16.9 Å². The number of hydrogen-bond donors (Lipinski definition) is 0. The Balaban J connectivity index is 1.77. The van der Waals surface area contributed by atoms with Crippen LogP contribution in [0.2, 0.25) is 0 Å². The van der Waals surface area contributed by atoms with Crippen molar-refractivity contribution >= 4 is 5.91 Å². The number of carbonyl (C=O) groups excluding carboxylic acids is 1. The molecule has 2 aliphatic rings. The lowest BCUT2D eigenvalue weighted by molar-refractivity contribution is 0.0578. The van der Waals surface area contributed by atoms with Gasteiger partial charge in [-0.2, -0.15) is 5.10 Å². The van der Waals surface area contributed by atoms with Crippen LogP contribution in [-0.2, 0) is 7.05 Å². The summed E-state index contributed by atoms with van der Waals surface area (Å²) in [7, 11) is 1.59. The second kappa shape index (κ2) is 6.23. The summed E-state index contributed by atoms with van der Waals surface area (Å²) < 4.78 is 1.24. The van der Waals surface area contributed by atoms with Crippen LogP contribution in [0.1, 0.15) is 62.4 Å². The van der Waals surface area contributed by atoms with Crippen LogP contribution >= 0.6 is 0 Å². The minimum absolute atomic E-state index is 0.00181. The smallest absolute Gasteiger partial charge is 0.274 e. The Hall–Kier alpha value is -1.65. The van der Waals surface area contributed by atoms with Crippen LogP contribution in [0.5, 0.6) is 0 Å². The Labute approximate surface area is 131 Å². The van der Waals surface area contributed by atoms with Gasteiger partial charge in [0.05, 0.1) is 0 Å². The zero-order valence-electron chi connectivity index (χ0n) is 13.5. The van der Waals surface area contributed by atoms with Crippen molar-refractivity contribution in [2.24, 2.45) is 13.0 Å². The highest BCUT2D eigenvalue weighted by atomic mass is 16.2. The summed E-state index contributed by atoms with van der Waals surface area (Å²) in [4.78, 5) is 26.4. The van der Waals surface area contributed by atoms with E-state index in [9.17, 15) is 9.59 Å². The predicted molar refractivity (Wildman–Crippen MR) is 84.7 cm³/mol. The molecule has 1 aromatic heterocycles.